The molecule has 3 unspecified atom stereocenters. The number of thiol groups is 1. The van der Waals surface area contributed by atoms with Gasteiger partial charge in [-0.25, -0.2) is 13.7 Å². The predicted octanol–water partition coefficient (Wildman–Crippen LogP) is 0.125. The Labute approximate surface area is 130 Å². The van der Waals surface area contributed by atoms with Crippen LogP contribution in [-0.2, 0) is 31.6 Å². The zero-order valence-electron chi connectivity index (χ0n) is 11.0. The molecular formula is C6H15O12P3S. The molecular weight excluding hydrogens is 389 g/mol. The molecule has 5 atom stereocenters. The Hall–Kier alpha value is 0.680. The molecule has 0 spiro atoms. The van der Waals surface area contributed by atoms with E-state index < -0.39 is 47.2 Å². The fraction of sp³-hybridized carbons (Fsp3) is 1.00. The van der Waals surface area contributed by atoms with Crippen molar-refractivity contribution in [2.45, 2.75) is 30.5 Å². The molecule has 0 saturated carbocycles. The molecule has 5 N–H and O–H groups in total. The number of aliphatic hydroxyl groups excluding tert-OH is 1. The minimum absolute atomic E-state index is 0.170. The molecule has 12 nitrogen and oxygen atoms in total. The molecule has 1 fully saturated rings. The third-order valence-corrected chi connectivity index (χ3v) is 6.65. The molecule has 0 aliphatic carbocycles. The predicted molar refractivity (Wildman–Crippen MR) is 72.7 cm³/mol. The Morgan fingerprint density at radius 3 is 2.14 bits per heavy atom. The molecule has 22 heavy (non-hydrogen) atoms. The molecule has 1 saturated heterocycles. The number of phosphoric ester groups is 1. The minimum atomic E-state index is -5.58. The van der Waals surface area contributed by atoms with Crippen LogP contribution in [-0.4, -0.2) is 48.4 Å². The van der Waals surface area contributed by atoms with Crippen LogP contribution >= 0.6 is 36.1 Å². The smallest absolute Gasteiger partial charge is 0.389 e. The summed E-state index contributed by atoms with van der Waals surface area (Å²) in [6.45, 7) is 0.789. The molecule has 1 rings (SSSR count). The van der Waals surface area contributed by atoms with Crippen molar-refractivity contribution in [2.24, 2.45) is 0 Å². The monoisotopic (exact) mass is 404 g/mol. The molecule has 0 aromatic rings. The number of phosphoric acid groups is 3. The van der Waals surface area contributed by atoms with E-state index in [9.17, 15) is 23.7 Å². The Balaban J connectivity index is 2.67. The van der Waals surface area contributed by atoms with Gasteiger partial charge in [0.1, 0.15) is 0 Å². The van der Waals surface area contributed by atoms with Gasteiger partial charge in [0.15, 0.2) is 4.93 Å². The summed E-state index contributed by atoms with van der Waals surface area (Å²) in [6.07, 6.45) is -1.40. The van der Waals surface area contributed by atoms with Crippen molar-refractivity contribution in [3.8, 4) is 0 Å². The van der Waals surface area contributed by atoms with E-state index in [4.69, 9.17) is 19.4 Å². The second-order valence-corrected chi connectivity index (χ2v) is 9.57. The van der Waals surface area contributed by atoms with Crippen LogP contribution in [0.3, 0.4) is 0 Å². The van der Waals surface area contributed by atoms with Gasteiger partial charge >= 0.3 is 23.5 Å². The van der Waals surface area contributed by atoms with Gasteiger partial charge in [-0.05, 0) is 6.92 Å². The standard InChI is InChI=1S/C6H15O12P3S/c1-4-2-5(7)6(22,16-4)3-15-20(11,12)18-21(13,14)17-19(8,9)10/h4-5,7,22H,2-3H2,1H3,(H,11,12)(H,13,14)(H2,8,9,10)/t4-,5?,6-/m0/s1. The topological polar surface area (TPSA) is 189 Å². The molecule has 0 radical (unpaired) electrons. The van der Waals surface area contributed by atoms with Crippen LogP contribution in [0.5, 0.6) is 0 Å². The van der Waals surface area contributed by atoms with E-state index in [0.717, 1.165) is 0 Å². The molecule has 0 aromatic carbocycles. The van der Waals surface area contributed by atoms with Crippen LogP contribution in [0.15, 0.2) is 0 Å². The second-order valence-electron chi connectivity index (χ2n) is 4.39. The highest BCUT2D eigenvalue weighted by Gasteiger charge is 2.47. The van der Waals surface area contributed by atoms with Gasteiger partial charge in [-0.15, -0.1) is 12.6 Å². The average molecular weight is 404 g/mol. The number of aliphatic hydroxyl groups is 1. The summed E-state index contributed by atoms with van der Waals surface area (Å²) in [5, 5.41) is 9.68. The number of ether oxygens (including phenoxy) is 1. The molecule has 132 valence electrons. The molecule has 1 aliphatic rings. The molecule has 1 heterocycles. The Bertz CT molecular complexity index is 547. The zero-order chi connectivity index (χ0) is 17.4. The van der Waals surface area contributed by atoms with Gasteiger partial charge < -0.3 is 29.4 Å². The van der Waals surface area contributed by atoms with E-state index in [1.165, 1.54) is 0 Å². The summed E-state index contributed by atoms with van der Waals surface area (Å²) in [5.41, 5.74) is 0. The molecule has 0 amide bonds. The summed E-state index contributed by atoms with van der Waals surface area (Å²) in [4.78, 5) is 33.2. The maximum Gasteiger partial charge on any atom is 0.490 e. The first-order chi connectivity index (χ1) is 9.64. The summed E-state index contributed by atoms with van der Waals surface area (Å²) < 4.78 is 49.6. The normalized spacial score (nSPS) is 35.0. The molecule has 0 bridgehead atoms. The van der Waals surface area contributed by atoms with Gasteiger partial charge in [0, 0.05) is 6.42 Å². The van der Waals surface area contributed by atoms with Gasteiger partial charge in [-0.1, -0.05) is 0 Å². The van der Waals surface area contributed by atoms with Gasteiger partial charge in [-0.2, -0.15) is 8.62 Å². The van der Waals surface area contributed by atoms with Crippen molar-refractivity contribution >= 4 is 36.1 Å². The van der Waals surface area contributed by atoms with Crippen molar-refractivity contribution in [2.75, 3.05) is 6.61 Å². The van der Waals surface area contributed by atoms with E-state index in [1.54, 1.807) is 6.92 Å². The third kappa shape index (κ3) is 6.66. The summed E-state index contributed by atoms with van der Waals surface area (Å²) in [5.74, 6) is 0. The van der Waals surface area contributed by atoms with Gasteiger partial charge in [0.2, 0.25) is 0 Å². The Kier molecular flexibility index (Phi) is 6.49. The molecule has 0 aromatic heterocycles. The van der Waals surface area contributed by atoms with Crippen molar-refractivity contribution in [3.63, 3.8) is 0 Å². The fourth-order valence-electron chi connectivity index (χ4n) is 1.58. The van der Waals surface area contributed by atoms with Crippen LogP contribution in [0.25, 0.3) is 0 Å². The van der Waals surface area contributed by atoms with E-state index in [0.29, 0.717) is 0 Å². The van der Waals surface area contributed by atoms with Crippen LogP contribution < -0.4 is 0 Å². The van der Waals surface area contributed by atoms with E-state index in [1.807, 2.05) is 0 Å². The first-order valence-corrected chi connectivity index (χ1v) is 10.5. The maximum absolute atomic E-state index is 11.5. The van der Waals surface area contributed by atoms with Crippen molar-refractivity contribution in [1.29, 1.82) is 0 Å². The average Bonchev–Trinajstić information content (AvgIpc) is 2.45. The Morgan fingerprint density at radius 2 is 1.73 bits per heavy atom. The Morgan fingerprint density at radius 1 is 1.18 bits per heavy atom. The lowest BCUT2D eigenvalue weighted by molar-refractivity contribution is -0.0404. The van der Waals surface area contributed by atoms with Crippen LogP contribution in [0, 0.1) is 0 Å². The highest BCUT2D eigenvalue weighted by atomic mass is 32.1. The van der Waals surface area contributed by atoms with Crippen LogP contribution in [0.4, 0.5) is 0 Å². The van der Waals surface area contributed by atoms with Gasteiger partial charge in [-0.3, -0.25) is 4.52 Å². The molecule has 16 heteroatoms. The van der Waals surface area contributed by atoms with Crippen molar-refractivity contribution in [1.82, 2.24) is 0 Å². The number of rotatable bonds is 7. The lowest BCUT2D eigenvalue weighted by Crippen LogP contribution is -2.38. The van der Waals surface area contributed by atoms with Gasteiger partial charge in [0.25, 0.3) is 0 Å². The quantitative estimate of drug-likeness (QED) is 0.249. The lowest BCUT2D eigenvalue weighted by atomic mass is 10.1. The third-order valence-electron chi connectivity index (χ3n) is 2.33. The first-order valence-electron chi connectivity index (χ1n) is 5.51. The zero-order valence-corrected chi connectivity index (χ0v) is 14.5. The SMILES string of the molecule is C[C@H]1CC(O)[C@@](S)(COP(=O)(O)OP(=O)(O)OP(=O)(O)O)O1. The number of hydrogen-bond donors (Lipinski definition) is 6. The van der Waals surface area contributed by atoms with Crippen molar-refractivity contribution < 1.29 is 56.3 Å². The van der Waals surface area contributed by atoms with E-state index >= 15 is 0 Å². The lowest BCUT2D eigenvalue weighted by Gasteiger charge is -2.27. The minimum Gasteiger partial charge on any atom is -0.389 e. The number of hydrogen-bond acceptors (Lipinski definition) is 9. The second kappa shape index (κ2) is 6.89. The highest BCUT2D eigenvalue weighted by Crippen LogP contribution is 2.66. The largest absolute Gasteiger partial charge is 0.490 e. The molecule has 1 aliphatic heterocycles. The maximum atomic E-state index is 11.5. The van der Waals surface area contributed by atoms with Gasteiger partial charge in [0.05, 0.1) is 18.8 Å². The summed E-state index contributed by atoms with van der Waals surface area (Å²) >= 11 is 3.96. The summed E-state index contributed by atoms with van der Waals surface area (Å²) in [7, 11) is -16.3. The first kappa shape index (κ1) is 20.7. The summed E-state index contributed by atoms with van der Waals surface area (Å²) in [6, 6.07) is 0. The highest BCUT2D eigenvalue weighted by molar-refractivity contribution is 7.81. The van der Waals surface area contributed by atoms with E-state index in [-0.39, 0.29) is 6.42 Å². The van der Waals surface area contributed by atoms with Crippen LogP contribution in [0.2, 0.25) is 0 Å². The van der Waals surface area contributed by atoms with Crippen LogP contribution in [0.1, 0.15) is 13.3 Å². The van der Waals surface area contributed by atoms with E-state index in [2.05, 4.69) is 25.8 Å². The fourth-order valence-corrected chi connectivity index (χ4v) is 5.08. The van der Waals surface area contributed by atoms with Crippen molar-refractivity contribution in [3.05, 3.63) is 0 Å².